The van der Waals surface area contributed by atoms with Crippen LogP contribution in [0.25, 0.3) is 6.08 Å². The summed E-state index contributed by atoms with van der Waals surface area (Å²) in [4.78, 5) is 39.5. The van der Waals surface area contributed by atoms with E-state index in [2.05, 4.69) is 0 Å². The van der Waals surface area contributed by atoms with Gasteiger partial charge in [0.05, 0.1) is 15.0 Å². The van der Waals surface area contributed by atoms with E-state index < -0.39 is 11.1 Å². The van der Waals surface area contributed by atoms with Gasteiger partial charge in [-0.3, -0.25) is 19.3 Å². The van der Waals surface area contributed by atoms with Crippen LogP contribution in [-0.4, -0.2) is 51.6 Å². The molecule has 0 saturated carbocycles. The normalized spacial score (nSPS) is 19.4. The molecule has 2 fully saturated rings. The van der Waals surface area contributed by atoms with Crippen LogP contribution in [0.15, 0.2) is 17.0 Å². The summed E-state index contributed by atoms with van der Waals surface area (Å²) < 4.78 is 0. The molecule has 3 rings (SSSR count). The van der Waals surface area contributed by atoms with Crippen molar-refractivity contribution in [2.75, 3.05) is 19.6 Å². The van der Waals surface area contributed by atoms with Crippen LogP contribution in [0, 0.1) is 0 Å². The lowest BCUT2D eigenvalue weighted by atomic mass is 10.2. The maximum atomic E-state index is 12.4. The van der Waals surface area contributed by atoms with Gasteiger partial charge < -0.3 is 10.0 Å². The van der Waals surface area contributed by atoms with E-state index in [1.165, 1.54) is 18.2 Å². The largest absolute Gasteiger partial charge is 0.505 e. The molecule has 0 radical (unpaired) electrons. The number of hydrogen-bond acceptors (Lipinski definition) is 5. The second-order valence-electron chi connectivity index (χ2n) is 5.69. The van der Waals surface area contributed by atoms with E-state index >= 15 is 0 Å². The Kier molecular flexibility index (Phi) is 5.27. The fourth-order valence-corrected chi connectivity index (χ4v) is 4.00. The number of imide groups is 1. The van der Waals surface area contributed by atoms with Gasteiger partial charge in [-0.05, 0) is 48.4 Å². The number of aromatic hydroxyl groups is 1. The summed E-state index contributed by atoms with van der Waals surface area (Å²) in [6.45, 7) is 1.07. The molecular formula is C16H14Cl2N2O4S. The first kappa shape index (κ1) is 18.1. The number of carbonyl (C=O) groups excluding carboxylic acids is 3. The molecule has 0 unspecified atom stereocenters. The number of phenolic OH excluding ortho intramolecular Hbond substituents is 1. The second kappa shape index (κ2) is 7.27. The molecule has 25 heavy (non-hydrogen) atoms. The first-order chi connectivity index (χ1) is 11.9. The van der Waals surface area contributed by atoms with Crippen molar-refractivity contribution >= 4 is 58.1 Å². The van der Waals surface area contributed by atoms with Gasteiger partial charge in [0.2, 0.25) is 5.91 Å². The van der Waals surface area contributed by atoms with E-state index in [-0.39, 0.29) is 33.2 Å². The summed E-state index contributed by atoms with van der Waals surface area (Å²) in [5, 5.41) is 9.17. The van der Waals surface area contributed by atoms with Crippen molar-refractivity contribution < 1.29 is 19.5 Å². The molecular weight excluding hydrogens is 387 g/mol. The van der Waals surface area contributed by atoms with Gasteiger partial charge in [-0.25, -0.2) is 0 Å². The van der Waals surface area contributed by atoms with Gasteiger partial charge in [0.25, 0.3) is 11.1 Å². The third-order valence-electron chi connectivity index (χ3n) is 3.96. The molecule has 0 aromatic heterocycles. The van der Waals surface area contributed by atoms with E-state index in [0.29, 0.717) is 18.7 Å². The van der Waals surface area contributed by atoms with Crippen molar-refractivity contribution in [3.8, 4) is 5.75 Å². The number of likely N-dealkylation sites (tertiary alicyclic amines) is 1. The predicted molar refractivity (Wildman–Crippen MR) is 96.6 cm³/mol. The minimum Gasteiger partial charge on any atom is -0.505 e. The molecule has 9 heteroatoms. The Bertz CT molecular complexity index is 767. The molecule has 1 N–H and O–H groups in total. The third-order valence-corrected chi connectivity index (χ3v) is 5.45. The Labute approximate surface area is 158 Å². The minimum absolute atomic E-state index is 0.0437. The topological polar surface area (TPSA) is 77.9 Å². The molecule has 6 nitrogen and oxygen atoms in total. The third kappa shape index (κ3) is 3.78. The van der Waals surface area contributed by atoms with Crippen molar-refractivity contribution in [3.63, 3.8) is 0 Å². The molecule has 0 bridgehead atoms. The molecule has 2 aliphatic rings. The van der Waals surface area contributed by atoms with Crippen LogP contribution in [0.1, 0.15) is 18.4 Å². The van der Waals surface area contributed by atoms with Gasteiger partial charge in [-0.2, -0.15) is 0 Å². The van der Waals surface area contributed by atoms with E-state index in [9.17, 15) is 19.5 Å². The number of carbonyl (C=O) groups is 3. The zero-order valence-electron chi connectivity index (χ0n) is 13.0. The maximum absolute atomic E-state index is 12.4. The lowest BCUT2D eigenvalue weighted by Crippen LogP contribution is -2.40. The molecule has 132 valence electrons. The van der Waals surface area contributed by atoms with Crippen LogP contribution >= 0.6 is 35.0 Å². The lowest BCUT2D eigenvalue weighted by Gasteiger charge is -2.18. The molecule has 0 spiro atoms. The first-order valence-electron chi connectivity index (χ1n) is 7.58. The van der Waals surface area contributed by atoms with Gasteiger partial charge in [0.1, 0.15) is 6.54 Å². The molecule has 2 heterocycles. The summed E-state index contributed by atoms with van der Waals surface area (Å²) in [5.74, 6) is -0.996. The van der Waals surface area contributed by atoms with Gasteiger partial charge in [0.15, 0.2) is 5.75 Å². The Morgan fingerprint density at radius 3 is 2.40 bits per heavy atom. The second-order valence-corrected chi connectivity index (χ2v) is 7.50. The monoisotopic (exact) mass is 400 g/mol. The summed E-state index contributed by atoms with van der Waals surface area (Å²) in [6, 6.07) is 2.87. The number of benzene rings is 1. The smallest absolute Gasteiger partial charge is 0.294 e. The van der Waals surface area contributed by atoms with Crippen LogP contribution in [-0.2, 0) is 9.59 Å². The number of halogens is 2. The number of rotatable bonds is 3. The quantitative estimate of drug-likeness (QED) is 0.786. The Hall–Kier alpha value is -1.70. The standard InChI is InChI=1S/C16H14Cl2N2O4S/c17-10-5-9(6-11(18)14(10)22)7-12-15(23)20(16(24)25-12)8-13(21)19-3-1-2-4-19/h5-7,22H,1-4,8H2/b12-7-. The van der Waals surface area contributed by atoms with E-state index in [0.717, 1.165) is 29.5 Å². The summed E-state index contributed by atoms with van der Waals surface area (Å²) in [7, 11) is 0. The average Bonchev–Trinajstić information content (AvgIpc) is 3.17. The van der Waals surface area contributed by atoms with Crippen molar-refractivity contribution in [2.24, 2.45) is 0 Å². The van der Waals surface area contributed by atoms with Gasteiger partial charge >= 0.3 is 0 Å². The summed E-state index contributed by atoms with van der Waals surface area (Å²) in [6.07, 6.45) is 3.34. The van der Waals surface area contributed by atoms with Crippen molar-refractivity contribution in [2.45, 2.75) is 12.8 Å². The molecule has 0 aliphatic carbocycles. The number of amides is 3. The summed E-state index contributed by atoms with van der Waals surface area (Å²) >= 11 is 12.5. The highest BCUT2D eigenvalue weighted by Gasteiger charge is 2.37. The van der Waals surface area contributed by atoms with Crippen molar-refractivity contribution in [3.05, 3.63) is 32.6 Å². The number of phenols is 1. The molecule has 1 aromatic rings. The number of nitrogens with zero attached hydrogens (tertiary/aromatic N) is 2. The van der Waals surface area contributed by atoms with Crippen LogP contribution in [0.3, 0.4) is 0 Å². The maximum Gasteiger partial charge on any atom is 0.294 e. The Balaban J connectivity index is 1.77. The summed E-state index contributed by atoms with van der Waals surface area (Å²) in [5.41, 5.74) is 0.476. The lowest BCUT2D eigenvalue weighted by molar-refractivity contribution is -0.135. The van der Waals surface area contributed by atoms with E-state index in [1.54, 1.807) is 4.90 Å². The first-order valence-corrected chi connectivity index (χ1v) is 9.15. The fourth-order valence-electron chi connectivity index (χ4n) is 2.66. The predicted octanol–water partition coefficient (Wildman–Crippen LogP) is 3.36. The van der Waals surface area contributed by atoms with Crippen molar-refractivity contribution in [1.82, 2.24) is 9.80 Å². The van der Waals surface area contributed by atoms with Gasteiger partial charge in [-0.15, -0.1) is 0 Å². The minimum atomic E-state index is -0.525. The van der Waals surface area contributed by atoms with Crippen LogP contribution in [0.4, 0.5) is 4.79 Å². The molecule has 2 saturated heterocycles. The molecule has 1 aromatic carbocycles. The molecule has 3 amide bonds. The molecule has 0 atom stereocenters. The van der Waals surface area contributed by atoms with Gasteiger partial charge in [-0.1, -0.05) is 23.2 Å². The fraction of sp³-hybridized carbons (Fsp3) is 0.312. The zero-order valence-corrected chi connectivity index (χ0v) is 15.3. The van der Waals surface area contributed by atoms with Crippen LogP contribution < -0.4 is 0 Å². The highest BCUT2D eigenvalue weighted by Crippen LogP contribution is 2.36. The zero-order chi connectivity index (χ0) is 18.1. The number of thioether (sulfide) groups is 1. The highest BCUT2D eigenvalue weighted by atomic mass is 35.5. The SMILES string of the molecule is O=C(CN1C(=O)S/C(=C\c2cc(Cl)c(O)c(Cl)c2)C1=O)N1CCCC1. The van der Waals surface area contributed by atoms with Crippen LogP contribution in [0.2, 0.25) is 10.0 Å². The average molecular weight is 401 g/mol. The highest BCUT2D eigenvalue weighted by molar-refractivity contribution is 8.18. The Morgan fingerprint density at radius 2 is 1.80 bits per heavy atom. The van der Waals surface area contributed by atoms with E-state index in [4.69, 9.17) is 23.2 Å². The van der Waals surface area contributed by atoms with Crippen LogP contribution in [0.5, 0.6) is 5.75 Å². The number of hydrogen-bond donors (Lipinski definition) is 1. The van der Waals surface area contributed by atoms with E-state index in [1.807, 2.05) is 0 Å². The van der Waals surface area contributed by atoms with Gasteiger partial charge in [0, 0.05) is 13.1 Å². The Morgan fingerprint density at radius 1 is 1.20 bits per heavy atom. The molecule has 2 aliphatic heterocycles. The van der Waals surface area contributed by atoms with Crippen molar-refractivity contribution in [1.29, 1.82) is 0 Å².